The van der Waals surface area contributed by atoms with Gasteiger partial charge in [-0.25, -0.2) is 4.79 Å². The minimum absolute atomic E-state index is 0.176. The van der Waals surface area contributed by atoms with Gasteiger partial charge in [0.25, 0.3) is 5.91 Å². The Balaban J connectivity index is 1.66. The Bertz CT molecular complexity index is 771. The molecule has 0 aromatic heterocycles. The van der Waals surface area contributed by atoms with Crippen molar-refractivity contribution in [1.82, 2.24) is 5.32 Å². The van der Waals surface area contributed by atoms with Crippen molar-refractivity contribution in [2.24, 2.45) is 0 Å². The summed E-state index contributed by atoms with van der Waals surface area (Å²) in [5.41, 5.74) is 0.626. The number of esters is 1. The van der Waals surface area contributed by atoms with E-state index in [4.69, 9.17) is 14.2 Å². The van der Waals surface area contributed by atoms with Gasteiger partial charge < -0.3 is 19.5 Å². The van der Waals surface area contributed by atoms with E-state index in [1.165, 1.54) is 0 Å². The number of nitrogens with one attached hydrogen (secondary N) is 1. The molecule has 2 atom stereocenters. The van der Waals surface area contributed by atoms with Crippen LogP contribution in [0.4, 0.5) is 0 Å². The second kappa shape index (κ2) is 8.58. The third kappa shape index (κ3) is 5.23. The van der Waals surface area contributed by atoms with Crippen LogP contribution in [0.2, 0.25) is 0 Å². The first-order valence-electron chi connectivity index (χ1n) is 8.93. The van der Waals surface area contributed by atoms with Crippen LogP contribution in [0.25, 0.3) is 0 Å². The Morgan fingerprint density at radius 3 is 2.22 bits per heavy atom. The molecule has 0 heterocycles. The summed E-state index contributed by atoms with van der Waals surface area (Å²) < 4.78 is 16.2. The van der Waals surface area contributed by atoms with E-state index in [0.29, 0.717) is 17.1 Å². The first-order chi connectivity index (χ1) is 13.1. The van der Waals surface area contributed by atoms with E-state index in [-0.39, 0.29) is 11.9 Å². The molecule has 0 saturated heterocycles. The number of carbonyl (C=O) groups is 2. The minimum Gasteiger partial charge on any atom is -0.497 e. The second-order valence-corrected chi connectivity index (χ2v) is 6.45. The summed E-state index contributed by atoms with van der Waals surface area (Å²) in [6.45, 7) is 1.59. The van der Waals surface area contributed by atoms with E-state index in [1.54, 1.807) is 62.6 Å². The molecule has 1 N–H and O–H groups in total. The largest absolute Gasteiger partial charge is 0.497 e. The fraction of sp³-hybridized carbons (Fsp3) is 0.333. The molecule has 1 saturated carbocycles. The van der Waals surface area contributed by atoms with Crippen molar-refractivity contribution in [2.75, 3.05) is 7.11 Å². The summed E-state index contributed by atoms with van der Waals surface area (Å²) in [7, 11) is 1.58. The first-order valence-corrected chi connectivity index (χ1v) is 8.93. The highest BCUT2D eigenvalue weighted by atomic mass is 16.6. The maximum Gasteiger partial charge on any atom is 0.348 e. The molecule has 27 heavy (non-hydrogen) atoms. The lowest BCUT2D eigenvalue weighted by Gasteiger charge is -2.21. The molecule has 142 valence electrons. The van der Waals surface area contributed by atoms with Crippen LogP contribution in [0.5, 0.6) is 11.5 Å². The molecule has 1 amide bonds. The molecule has 6 nitrogen and oxygen atoms in total. The molecule has 0 spiro atoms. The molecule has 0 bridgehead atoms. The molecule has 0 unspecified atom stereocenters. The highest BCUT2D eigenvalue weighted by Gasteiger charge is 2.32. The molecule has 0 aliphatic heterocycles. The Morgan fingerprint density at radius 2 is 1.63 bits per heavy atom. The molecular formula is C21H23NO5. The average molecular weight is 369 g/mol. The number of hydrogen-bond acceptors (Lipinski definition) is 5. The summed E-state index contributed by atoms with van der Waals surface area (Å²) in [5, 5.41) is 2.89. The van der Waals surface area contributed by atoms with Crippen molar-refractivity contribution in [1.29, 1.82) is 0 Å². The zero-order valence-electron chi connectivity index (χ0n) is 15.4. The fourth-order valence-electron chi connectivity index (χ4n) is 2.52. The van der Waals surface area contributed by atoms with Gasteiger partial charge in [-0.2, -0.15) is 0 Å². The molecule has 1 fully saturated rings. The van der Waals surface area contributed by atoms with E-state index in [9.17, 15) is 9.59 Å². The number of amides is 1. The highest BCUT2D eigenvalue weighted by Crippen LogP contribution is 2.24. The van der Waals surface area contributed by atoms with Crippen molar-refractivity contribution < 1.29 is 23.8 Å². The number of ether oxygens (including phenoxy) is 3. The number of methoxy groups -OCH3 is 1. The summed E-state index contributed by atoms with van der Waals surface area (Å²) in [6.07, 6.45) is 0.0515. The zero-order chi connectivity index (χ0) is 19.2. The highest BCUT2D eigenvalue weighted by molar-refractivity contribution is 5.86. The van der Waals surface area contributed by atoms with Gasteiger partial charge in [0.15, 0.2) is 6.10 Å². The van der Waals surface area contributed by atoms with E-state index in [2.05, 4.69) is 5.32 Å². The van der Waals surface area contributed by atoms with Gasteiger partial charge in [-0.05, 0) is 44.0 Å². The molecule has 1 aliphatic rings. The van der Waals surface area contributed by atoms with Crippen LogP contribution in [-0.4, -0.2) is 31.1 Å². The summed E-state index contributed by atoms with van der Waals surface area (Å²) >= 11 is 0. The van der Waals surface area contributed by atoms with Gasteiger partial charge in [-0.3, -0.25) is 4.79 Å². The second-order valence-electron chi connectivity index (χ2n) is 6.45. The molecule has 6 heteroatoms. The molecule has 2 aromatic carbocycles. The summed E-state index contributed by atoms with van der Waals surface area (Å²) in [5.74, 6) is 0.289. The lowest BCUT2D eigenvalue weighted by molar-refractivity contribution is -0.162. The average Bonchev–Trinajstić information content (AvgIpc) is 3.51. The standard InChI is InChI=1S/C21H23NO5/c1-14(26-18-12-10-17(25-2)11-13-18)21(24)27-19(15-6-4-3-5-7-15)20(23)22-16-8-9-16/h3-7,10-14,16,19H,8-9H2,1-2H3,(H,22,23)/t14-,19-/m1/s1. The van der Waals surface area contributed by atoms with Gasteiger partial charge in [0.2, 0.25) is 6.10 Å². The van der Waals surface area contributed by atoms with Crippen molar-refractivity contribution in [3.8, 4) is 11.5 Å². The predicted octanol–water partition coefficient (Wildman–Crippen LogP) is 3.03. The zero-order valence-corrected chi connectivity index (χ0v) is 15.4. The van der Waals surface area contributed by atoms with Crippen LogP contribution >= 0.6 is 0 Å². The molecular weight excluding hydrogens is 346 g/mol. The van der Waals surface area contributed by atoms with Gasteiger partial charge in [0, 0.05) is 11.6 Å². The van der Waals surface area contributed by atoms with Gasteiger partial charge >= 0.3 is 5.97 Å². The van der Waals surface area contributed by atoms with Crippen LogP contribution < -0.4 is 14.8 Å². The number of carbonyl (C=O) groups excluding carboxylic acids is 2. The molecule has 0 radical (unpaired) electrons. The number of benzene rings is 2. The van der Waals surface area contributed by atoms with E-state index in [1.807, 2.05) is 6.07 Å². The van der Waals surface area contributed by atoms with Crippen molar-refractivity contribution in [3.63, 3.8) is 0 Å². The minimum atomic E-state index is -0.999. The third-order valence-electron chi connectivity index (χ3n) is 4.20. The van der Waals surface area contributed by atoms with Gasteiger partial charge in [-0.15, -0.1) is 0 Å². The van der Waals surface area contributed by atoms with Crippen molar-refractivity contribution >= 4 is 11.9 Å². The molecule has 3 rings (SSSR count). The van der Waals surface area contributed by atoms with Crippen LogP contribution in [0.3, 0.4) is 0 Å². The topological polar surface area (TPSA) is 73.9 Å². The fourth-order valence-corrected chi connectivity index (χ4v) is 2.52. The van der Waals surface area contributed by atoms with E-state index in [0.717, 1.165) is 12.8 Å². The lowest BCUT2D eigenvalue weighted by Crippen LogP contribution is -2.36. The molecule has 2 aromatic rings. The Kier molecular flexibility index (Phi) is 5.96. The normalized spacial score (nSPS) is 15.3. The van der Waals surface area contributed by atoms with Gasteiger partial charge in [-0.1, -0.05) is 30.3 Å². The van der Waals surface area contributed by atoms with Crippen LogP contribution in [0.15, 0.2) is 54.6 Å². The smallest absolute Gasteiger partial charge is 0.348 e. The Hall–Kier alpha value is -3.02. The quantitative estimate of drug-likeness (QED) is 0.724. The van der Waals surface area contributed by atoms with E-state index >= 15 is 0 Å². The predicted molar refractivity (Wildman–Crippen MR) is 99.5 cm³/mol. The van der Waals surface area contributed by atoms with Crippen LogP contribution in [0, 0.1) is 0 Å². The van der Waals surface area contributed by atoms with Crippen LogP contribution in [-0.2, 0) is 14.3 Å². The first kappa shape index (κ1) is 18.8. The van der Waals surface area contributed by atoms with Crippen molar-refractivity contribution in [2.45, 2.75) is 38.0 Å². The Labute approximate surface area is 158 Å². The monoisotopic (exact) mass is 369 g/mol. The number of rotatable bonds is 8. The van der Waals surface area contributed by atoms with Gasteiger partial charge in [0.1, 0.15) is 11.5 Å². The number of hydrogen-bond donors (Lipinski definition) is 1. The SMILES string of the molecule is COc1ccc(O[C@H](C)C(=O)O[C@@H](C(=O)NC2CC2)c2ccccc2)cc1. The van der Waals surface area contributed by atoms with Crippen molar-refractivity contribution in [3.05, 3.63) is 60.2 Å². The summed E-state index contributed by atoms with van der Waals surface area (Å²) in [6, 6.07) is 16.0. The maximum atomic E-state index is 12.5. The Morgan fingerprint density at radius 1 is 1.00 bits per heavy atom. The van der Waals surface area contributed by atoms with Gasteiger partial charge in [0.05, 0.1) is 7.11 Å². The molecule has 1 aliphatic carbocycles. The lowest BCUT2D eigenvalue weighted by atomic mass is 10.1. The van der Waals surface area contributed by atoms with Crippen LogP contribution in [0.1, 0.15) is 31.4 Å². The summed E-state index contributed by atoms with van der Waals surface area (Å²) in [4.78, 5) is 25.0. The third-order valence-corrected chi connectivity index (χ3v) is 4.20. The van der Waals surface area contributed by atoms with E-state index < -0.39 is 18.2 Å². The maximum absolute atomic E-state index is 12.5.